The fourth-order valence-corrected chi connectivity index (χ4v) is 3.12. The Bertz CT molecular complexity index is 529. The van der Waals surface area contributed by atoms with Gasteiger partial charge < -0.3 is 10.1 Å². The van der Waals surface area contributed by atoms with E-state index < -0.39 is 10.0 Å². The van der Waals surface area contributed by atoms with Crippen molar-refractivity contribution in [3.05, 3.63) is 29.3 Å². The summed E-state index contributed by atoms with van der Waals surface area (Å²) in [5, 5.41) is 3.28. The molecule has 1 aliphatic heterocycles. The highest BCUT2D eigenvalue weighted by Crippen LogP contribution is 2.23. The summed E-state index contributed by atoms with van der Waals surface area (Å²) in [6.45, 7) is 4.28. The highest BCUT2D eigenvalue weighted by atomic mass is 32.2. The van der Waals surface area contributed by atoms with Crippen LogP contribution >= 0.6 is 0 Å². The van der Waals surface area contributed by atoms with Crippen LogP contribution in [0.4, 0.5) is 5.69 Å². The molecular formula is C13H20N2O3S. The van der Waals surface area contributed by atoms with Gasteiger partial charge in [0.1, 0.15) is 0 Å². The maximum atomic E-state index is 12.0. The Labute approximate surface area is 114 Å². The molecule has 5 nitrogen and oxygen atoms in total. The van der Waals surface area contributed by atoms with Gasteiger partial charge in [-0.15, -0.1) is 0 Å². The SMILES string of the molecule is CCOCCS(=O)(=O)Nc1cccc2c1CCNC2. The number of ether oxygens (including phenoxy) is 1. The van der Waals surface area contributed by atoms with Gasteiger partial charge in [-0.2, -0.15) is 0 Å². The van der Waals surface area contributed by atoms with Crippen LogP contribution in [0.3, 0.4) is 0 Å². The predicted octanol–water partition coefficient (Wildman–Crippen LogP) is 1.11. The summed E-state index contributed by atoms with van der Waals surface area (Å²) in [6, 6.07) is 5.73. The first-order valence-corrected chi connectivity index (χ1v) is 8.17. The molecule has 0 aliphatic carbocycles. The van der Waals surface area contributed by atoms with E-state index in [1.165, 1.54) is 0 Å². The van der Waals surface area contributed by atoms with Crippen molar-refractivity contribution in [2.75, 3.05) is 30.2 Å². The monoisotopic (exact) mass is 284 g/mol. The molecule has 106 valence electrons. The van der Waals surface area contributed by atoms with E-state index in [-0.39, 0.29) is 12.4 Å². The average molecular weight is 284 g/mol. The van der Waals surface area contributed by atoms with Crippen molar-refractivity contribution >= 4 is 15.7 Å². The lowest BCUT2D eigenvalue weighted by atomic mass is 9.99. The standard InChI is InChI=1S/C13H20N2O3S/c1-2-18-8-9-19(16,17)15-13-5-3-4-11-10-14-7-6-12(11)13/h3-5,14-15H,2,6-10H2,1H3. The Morgan fingerprint density at radius 3 is 3.05 bits per heavy atom. The number of nitrogens with one attached hydrogen (secondary N) is 2. The number of anilines is 1. The molecule has 0 spiro atoms. The fourth-order valence-electron chi connectivity index (χ4n) is 2.16. The average Bonchev–Trinajstić information content (AvgIpc) is 2.39. The summed E-state index contributed by atoms with van der Waals surface area (Å²) >= 11 is 0. The zero-order chi connectivity index (χ0) is 13.7. The van der Waals surface area contributed by atoms with Gasteiger partial charge in [-0.25, -0.2) is 8.42 Å². The van der Waals surface area contributed by atoms with Gasteiger partial charge in [0.2, 0.25) is 10.0 Å². The van der Waals surface area contributed by atoms with Gasteiger partial charge in [-0.05, 0) is 37.1 Å². The van der Waals surface area contributed by atoms with E-state index in [1.807, 2.05) is 25.1 Å². The first kappa shape index (κ1) is 14.3. The number of rotatable bonds is 6. The topological polar surface area (TPSA) is 67.4 Å². The van der Waals surface area contributed by atoms with Crippen LogP contribution in [0.2, 0.25) is 0 Å². The second-order valence-corrected chi connectivity index (χ2v) is 6.33. The molecular weight excluding hydrogens is 264 g/mol. The third-order valence-electron chi connectivity index (χ3n) is 3.11. The smallest absolute Gasteiger partial charge is 0.235 e. The quantitative estimate of drug-likeness (QED) is 0.768. The molecule has 1 heterocycles. The summed E-state index contributed by atoms with van der Waals surface area (Å²) < 4.78 is 31.7. The van der Waals surface area contributed by atoms with E-state index in [0.29, 0.717) is 12.3 Å². The summed E-state index contributed by atoms with van der Waals surface area (Å²) in [6.07, 6.45) is 0.847. The van der Waals surface area contributed by atoms with Crippen LogP contribution in [-0.4, -0.2) is 33.9 Å². The summed E-state index contributed by atoms with van der Waals surface area (Å²) in [4.78, 5) is 0. The second-order valence-electron chi connectivity index (χ2n) is 4.49. The van der Waals surface area contributed by atoms with Crippen LogP contribution in [0, 0.1) is 0 Å². The number of hydrogen-bond donors (Lipinski definition) is 2. The van der Waals surface area contributed by atoms with Crippen LogP contribution in [0.25, 0.3) is 0 Å². The van der Waals surface area contributed by atoms with E-state index in [1.54, 1.807) is 0 Å². The van der Waals surface area contributed by atoms with Gasteiger partial charge in [0.15, 0.2) is 0 Å². The highest BCUT2D eigenvalue weighted by molar-refractivity contribution is 7.92. The van der Waals surface area contributed by atoms with E-state index in [0.717, 1.165) is 30.6 Å². The van der Waals surface area contributed by atoms with Gasteiger partial charge in [0.25, 0.3) is 0 Å². The maximum absolute atomic E-state index is 12.0. The van der Waals surface area contributed by atoms with E-state index in [9.17, 15) is 8.42 Å². The normalized spacial score (nSPS) is 15.0. The van der Waals surface area contributed by atoms with Crippen molar-refractivity contribution in [2.45, 2.75) is 19.9 Å². The van der Waals surface area contributed by atoms with Crippen molar-refractivity contribution in [2.24, 2.45) is 0 Å². The van der Waals surface area contributed by atoms with Crippen molar-refractivity contribution < 1.29 is 13.2 Å². The van der Waals surface area contributed by atoms with Gasteiger partial charge in [-0.1, -0.05) is 12.1 Å². The van der Waals surface area contributed by atoms with Crippen molar-refractivity contribution in [3.8, 4) is 0 Å². The number of benzene rings is 1. The Kier molecular flexibility index (Phi) is 4.79. The van der Waals surface area contributed by atoms with Gasteiger partial charge >= 0.3 is 0 Å². The largest absolute Gasteiger partial charge is 0.381 e. The minimum Gasteiger partial charge on any atom is -0.381 e. The number of hydrogen-bond acceptors (Lipinski definition) is 4. The minimum atomic E-state index is -3.34. The molecule has 1 aliphatic rings. The Morgan fingerprint density at radius 2 is 2.26 bits per heavy atom. The van der Waals surface area contributed by atoms with Crippen LogP contribution in [0.5, 0.6) is 0 Å². The predicted molar refractivity (Wildman–Crippen MR) is 75.8 cm³/mol. The van der Waals surface area contributed by atoms with E-state index in [2.05, 4.69) is 10.0 Å². The third kappa shape index (κ3) is 3.92. The molecule has 0 unspecified atom stereocenters. The van der Waals surface area contributed by atoms with Crippen molar-refractivity contribution in [1.29, 1.82) is 0 Å². The fraction of sp³-hybridized carbons (Fsp3) is 0.538. The van der Waals surface area contributed by atoms with Crippen LogP contribution in [0.15, 0.2) is 18.2 Å². The Hall–Kier alpha value is -1.11. The third-order valence-corrected chi connectivity index (χ3v) is 4.34. The highest BCUT2D eigenvalue weighted by Gasteiger charge is 2.16. The first-order chi connectivity index (χ1) is 9.12. The minimum absolute atomic E-state index is 0.0112. The molecule has 0 saturated heterocycles. The number of fused-ring (bicyclic) bond motifs is 1. The van der Waals surface area contributed by atoms with Crippen LogP contribution < -0.4 is 10.0 Å². The molecule has 1 aromatic rings. The molecule has 0 aromatic heterocycles. The zero-order valence-electron chi connectivity index (χ0n) is 11.1. The molecule has 19 heavy (non-hydrogen) atoms. The summed E-state index contributed by atoms with van der Waals surface area (Å²) in [7, 11) is -3.34. The van der Waals surface area contributed by atoms with Crippen LogP contribution in [-0.2, 0) is 27.7 Å². The molecule has 2 rings (SSSR count). The maximum Gasteiger partial charge on any atom is 0.235 e. The van der Waals surface area contributed by atoms with Gasteiger partial charge in [0.05, 0.1) is 18.0 Å². The second kappa shape index (κ2) is 6.36. The lowest BCUT2D eigenvalue weighted by Gasteiger charge is -2.21. The molecule has 2 N–H and O–H groups in total. The number of sulfonamides is 1. The summed E-state index contributed by atoms with van der Waals surface area (Å²) in [5.74, 6) is -0.0112. The van der Waals surface area contributed by atoms with Crippen molar-refractivity contribution in [1.82, 2.24) is 5.32 Å². The van der Waals surface area contributed by atoms with E-state index in [4.69, 9.17) is 4.74 Å². The van der Waals surface area contributed by atoms with Crippen molar-refractivity contribution in [3.63, 3.8) is 0 Å². The molecule has 0 bridgehead atoms. The molecule has 1 aromatic carbocycles. The van der Waals surface area contributed by atoms with Gasteiger partial charge in [-0.3, -0.25) is 4.72 Å². The zero-order valence-corrected chi connectivity index (χ0v) is 11.9. The van der Waals surface area contributed by atoms with E-state index >= 15 is 0 Å². The lowest BCUT2D eigenvalue weighted by Crippen LogP contribution is -2.26. The molecule has 0 amide bonds. The lowest BCUT2D eigenvalue weighted by molar-refractivity contribution is 0.163. The molecule has 6 heteroatoms. The Morgan fingerprint density at radius 1 is 1.42 bits per heavy atom. The van der Waals surface area contributed by atoms with Crippen LogP contribution in [0.1, 0.15) is 18.1 Å². The van der Waals surface area contributed by atoms with Gasteiger partial charge in [0, 0.05) is 13.2 Å². The molecule has 0 atom stereocenters. The molecule has 0 radical (unpaired) electrons. The summed E-state index contributed by atoms with van der Waals surface area (Å²) in [5.41, 5.74) is 2.97. The molecule has 0 saturated carbocycles. The first-order valence-electron chi connectivity index (χ1n) is 6.52. The Balaban J connectivity index is 2.10. The molecule has 0 fully saturated rings.